The average Bonchev–Trinajstić information content (AvgIpc) is 1.65. The summed E-state index contributed by atoms with van der Waals surface area (Å²) in [5.74, 6) is -0.958. The van der Waals surface area contributed by atoms with Crippen LogP contribution in [0.4, 0.5) is 0 Å². The van der Waals surface area contributed by atoms with Gasteiger partial charge in [0.05, 0.1) is 0 Å². The molecule has 0 fully saturated rings. The maximum absolute atomic E-state index is 9.82. The molecular formula is C4H7NO2S. The number of hydrogen-bond donors (Lipinski definition) is 2. The van der Waals surface area contributed by atoms with Crippen molar-refractivity contribution in [2.24, 2.45) is 5.14 Å². The monoisotopic (exact) mass is 133 g/mol. The summed E-state index contributed by atoms with van der Waals surface area (Å²) in [5, 5.41) is 13.1. The molecule has 0 unspecified atom stereocenters. The molecule has 46 valence electrons. The Balaban J connectivity index is 3.75. The second kappa shape index (κ2) is 3.51. The summed E-state index contributed by atoms with van der Waals surface area (Å²) in [6.45, 7) is 1.64. The number of nitrogens with two attached hydrogens (primary N) is 1. The van der Waals surface area contributed by atoms with Crippen molar-refractivity contribution in [2.75, 3.05) is 0 Å². The van der Waals surface area contributed by atoms with Gasteiger partial charge < -0.3 is 5.11 Å². The van der Waals surface area contributed by atoms with Crippen LogP contribution in [0.2, 0.25) is 0 Å². The van der Waals surface area contributed by atoms with Gasteiger partial charge in [-0.1, -0.05) is 11.9 Å². The highest BCUT2D eigenvalue weighted by Gasteiger charge is 1.89. The number of allylic oxidation sites excluding steroid dienone is 1. The SMILES string of the molecule is C/C(=C\C(=O)O)SN. The molecule has 0 rings (SSSR count). The zero-order valence-corrected chi connectivity index (χ0v) is 5.23. The molecule has 0 atom stereocenters. The van der Waals surface area contributed by atoms with Crippen LogP contribution in [-0.2, 0) is 4.79 Å². The minimum Gasteiger partial charge on any atom is -0.478 e. The topological polar surface area (TPSA) is 63.3 Å². The van der Waals surface area contributed by atoms with Gasteiger partial charge in [-0.25, -0.2) is 4.79 Å². The number of carboxylic acid groups (broad SMARTS) is 1. The highest BCUT2D eigenvalue weighted by molar-refractivity contribution is 8.00. The predicted molar refractivity (Wildman–Crippen MR) is 33.2 cm³/mol. The highest BCUT2D eigenvalue weighted by atomic mass is 32.2. The van der Waals surface area contributed by atoms with E-state index < -0.39 is 5.97 Å². The van der Waals surface area contributed by atoms with Gasteiger partial charge in [0.15, 0.2) is 0 Å². The Morgan fingerprint density at radius 1 is 1.88 bits per heavy atom. The quantitative estimate of drug-likeness (QED) is 0.427. The summed E-state index contributed by atoms with van der Waals surface area (Å²) in [7, 11) is 0. The third kappa shape index (κ3) is 3.70. The van der Waals surface area contributed by atoms with Crippen LogP contribution in [0, 0.1) is 0 Å². The van der Waals surface area contributed by atoms with E-state index in [1.165, 1.54) is 0 Å². The van der Waals surface area contributed by atoms with Gasteiger partial charge in [0.1, 0.15) is 0 Å². The molecule has 3 nitrogen and oxygen atoms in total. The Bertz CT molecular complexity index is 121. The van der Waals surface area contributed by atoms with Crippen LogP contribution in [-0.4, -0.2) is 11.1 Å². The standard InChI is InChI=1S/C4H7NO2S/c1-3(8-5)2-4(6)7/h2H,5H2,1H3,(H,6,7)/b3-2+. The van der Waals surface area contributed by atoms with E-state index in [0.29, 0.717) is 4.91 Å². The lowest BCUT2D eigenvalue weighted by atomic mass is 10.5. The third-order valence-corrected chi connectivity index (χ3v) is 1.00. The maximum Gasteiger partial charge on any atom is 0.329 e. The number of rotatable bonds is 2. The zero-order valence-electron chi connectivity index (χ0n) is 4.42. The molecule has 3 N–H and O–H groups in total. The van der Waals surface area contributed by atoms with E-state index in [0.717, 1.165) is 18.0 Å². The molecule has 0 aromatic rings. The van der Waals surface area contributed by atoms with Crippen LogP contribution >= 0.6 is 11.9 Å². The lowest BCUT2D eigenvalue weighted by Crippen LogP contribution is -1.89. The van der Waals surface area contributed by atoms with E-state index >= 15 is 0 Å². The fraction of sp³-hybridized carbons (Fsp3) is 0.250. The van der Waals surface area contributed by atoms with Gasteiger partial charge in [-0.15, -0.1) is 0 Å². The molecule has 0 aliphatic rings. The minimum atomic E-state index is -0.958. The van der Waals surface area contributed by atoms with E-state index in [1.54, 1.807) is 6.92 Å². The van der Waals surface area contributed by atoms with Gasteiger partial charge in [-0.05, 0) is 6.92 Å². The van der Waals surface area contributed by atoms with E-state index in [9.17, 15) is 4.79 Å². The molecule has 0 aromatic carbocycles. The van der Waals surface area contributed by atoms with Gasteiger partial charge in [0, 0.05) is 11.0 Å². The molecule has 0 aliphatic heterocycles. The predicted octanol–water partition coefficient (Wildman–Crippen LogP) is 0.582. The normalized spacial score (nSPS) is 11.5. The van der Waals surface area contributed by atoms with Crippen LogP contribution in [0.15, 0.2) is 11.0 Å². The van der Waals surface area contributed by atoms with Gasteiger partial charge in [0.25, 0.3) is 0 Å². The van der Waals surface area contributed by atoms with Gasteiger partial charge in [-0.2, -0.15) is 0 Å². The molecule has 0 radical (unpaired) electrons. The first kappa shape index (κ1) is 7.52. The molecule has 0 aromatic heterocycles. The zero-order chi connectivity index (χ0) is 6.57. The van der Waals surface area contributed by atoms with Gasteiger partial charge >= 0.3 is 5.97 Å². The summed E-state index contributed by atoms with van der Waals surface area (Å²) >= 11 is 0.933. The first-order valence-electron chi connectivity index (χ1n) is 1.94. The molecule has 0 amide bonds. The summed E-state index contributed by atoms with van der Waals surface area (Å²) in [6.07, 6.45) is 1.06. The van der Waals surface area contributed by atoms with Crippen molar-refractivity contribution in [1.82, 2.24) is 0 Å². The second-order valence-electron chi connectivity index (χ2n) is 1.21. The molecular weight excluding hydrogens is 126 g/mol. The number of hydrogen-bond acceptors (Lipinski definition) is 3. The molecule has 0 bridgehead atoms. The Hall–Kier alpha value is -0.480. The molecule has 8 heavy (non-hydrogen) atoms. The highest BCUT2D eigenvalue weighted by Crippen LogP contribution is 2.03. The first-order chi connectivity index (χ1) is 3.66. The third-order valence-electron chi connectivity index (χ3n) is 0.513. The molecule has 0 heterocycles. The first-order valence-corrected chi connectivity index (χ1v) is 2.82. The van der Waals surface area contributed by atoms with Crippen LogP contribution < -0.4 is 5.14 Å². The van der Waals surface area contributed by atoms with Gasteiger partial charge in [-0.3, -0.25) is 5.14 Å². The van der Waals surface area contributed by atoms with E-state index in [1.807, 2.05) is 0 Å². The maximum atomic E-state index is 9.82. The molecule has 4 heteroatoms. The largest absolute Gasteiger partial charge is 0.478 e. The van der Waals surface area contributed by atoms with Crippen molar-refractivity contribution in [3.8, 4) is 0 Å². The second-order valence-corrected chi connectivity index (χ2v) is 2.09. The van der Waals surface area contributed by atoms with Crippen LogP contribution in [0.5, 0.6) is 0 Å². The van der Waals surface area contributed by atoms with Crippen molar-refractivity contribution >= 4 is 17.9 Å². The summed E-state index contributed by atoms with van der Waals surface area (Å²) in [4.78, 5) is 10.4. The van der Waals surface area contributed by atoms with Crippen molar-refractivity contribution in [3.05, 3.63) is 11.0 Å². The molecule has 0 spiro atoms. The van der Waals surface area contributed by atoms with E-state index in [-0.39, 0.29) is 0 Å². The van der Waals surface area contributed by atoms with Crippen molar-refractivity contribution in [1.29, 1.82) is 0 Å². The number of carbonyl (C=O) groups is 1. The Labute approximate surface area is 51.7 Å². The lowest BCUT2D eigenvalue weighted by molar-refractivity contribution is -0.131. The van der Waals surface area contributed by atoms with E-state index in [4.69, 9.17) is 10.2 Å². The molecule has 0 saturated carbocycles. The molecule has 0 aliphatic carbocycles. The van der Waals surface area contributed by atoms with Crippen molar-refractivity contribution < 1.29 is 9.90 Å². The average molecular weight is 133 g/mol. The fourth-order valence-corrected chi connectivity index (χ4v) is 0.377. The summed E-state index contributed by atoms with van der Waals surface area (Å²) in [6, 6.07) is 0. The fourth-order valence-electron chi connectivity index (χ4n) is 0.208. The van der Waals surface area contributed by atoms with E-state index in [2.05, 4.69) is 0 Å². The summed E-state index contributed by atoms with van der Waals surface area (Å²) < 4.78 is 0. The van der Waals surface area contributed by atoms with Crippen LogP contribution in [0.3, 0.4) is 0 Å². The Kier molecular flexibility index (Phi) is 3.30. The van der Waals surface area contributed by atoms with Crippen molar-refractivity contribution in [3.63, 3.8) is 0 Å². The smallest absolute Gasteiger partial charge is 0.329 e. The Morgan fingerprint density at radius 3 is 2.50 bits per heavy atom. The minimum absolute atomic E-state index is 0.595. The molecule has 0 saturated heterocycles. The Morgan fingerprint density at radius 2 is 2.38 bits per heavy atom. The lowest BCUT2D eigenvalue weighted by Gasteiger charge is -1.86. The summed E-state index contributed by atoms with van der Waals surface area (Å²) in [5.41, 5.74) is 0. The van der Waals surface area contributed by atoms with Gasteiger partial charge in [0.2, 0.25) is 0 Å². The van der Waals surface area contributed by atoms with Crippen molar-refractivity contribution in [2.45, 2.75) is 6.92 Å². The van der Waals surface area contributed by atoms with Crippen LogP contribution in [0.25, 0.3) is 0 Å². The number of carboxylic acids is 1. The number of aliphatic carboxylic acids is 1. The van der Waals surface area contributed by atoms with Crippen LogP contribution in [0.1, 0.15) is 6.92 Å².